The van der Waals surface area contributed by atoms with Crippen LogP contribution in [0.2, 0.25) is 5.02 Å². The molecular formula is C12H17ClN2. The van der Waals surface area contributed by atoms with Crippen LogP contribution in [-0.4, -0.2) is 25.2 Å². The summed E-state index contributed by atoms with van der Waals surface area (Å²) >= 11 is 6.02. The van der Waals surface area contributed by atoms with Gasteiger partial charge >= 0.3 is 0 Å². The van der Waals surface area contributed by atoms with Crippen LogP contribution in [0.25, 0.3) is 0 Å². The lowest BCUT2D eigenvalue weighted by atomic mass is 10.1. The summed E-state index contributed by atoms with van der Waals surface area (Å²) < 4.78 is 0. The lowest BCUT2D eigenvalue weighted by Gasteiger charge is -2.41. The van der Waals surface area contributed by atoms with Crippen LogP contribution in [0.4, 0.5) is 5.69 Å². The van der Waals surface area contributed by atoms with Gasteiger partial charge in [-0.05, 0) is 32.0 Å². The number of nitrogens with zero attached hydrogens (tertiary/aromatic N) is 1. The molecule has 1 aromatic carbocycles. The molecule has 3 heteroatoms. The third-order valence-corrected chi connectivity index (χ3v) is 3.17. The molecule has 0 amide bonds. The van der Waals surface area contributed by atoms with Crippen molar-refractivity contribution in [3.05, 3.63) is 29.3 Å². The minimum absolute atomic E-state index is 0.521. The zero-order valence-electron chi connectivity index (χ0n) is 9.20. The molecule has 1 aliphatic rings. The summed E-state index contributed by atoms with van der Waals surface area (Å²) in [5.41, 5.74) is 1.23. The van der Waals surface area contributed by atoms with E-state index < -0.39 is 0 Å². The second-order valence-corrected chi connectivity index (χ2v) is 4.68. The maximum absolute atomic E-state index is 6.02. The van der Waals surface area contributed by atoms with Gasteiger partial charge in [0.25, 0.3) is 0 Å². The summed E-state index contributed by atoms with van der Waals surface area (Å²) in [6.45, 7) is 6.56. The molecule has 1 heterocycles. The van der Waals surface area contributed by atoms with Crippen molar-refractivity contribution in [2.75, 3.05) is 18.0 Å². The Balaban J connectivity index is 2.27. The summed E-state index contributed by atoms with van der Waals surface area (Å²) in [6, 6.07) is 9.14. The van der Waals surface area contributed by atoms with Crippen molar-refractivity contribution < 1.29 is 0 Å². The first-order valence-corrected chi connectivity index (χ1v) is 5.81. The highest BCUT2D eigenvalue weighted by molar-refractivity contribution is 6.30. The van der Waals surface area contributed by atoms with Crippen molar-refractivity contribution in [2.24, 2.45) is 0 Å². The number of benzene rings is 1. The van der Waals surface area contributed by atoms with Crippen molar-refractivity contribution in [1.29, 1.82) is 0 Å². The number of rotatable bonds is 1. The molecule has 1 N–H and O–H groups in total. The fraction of sp³-hybridized carbons (Fsp3) is 0.500. The van der Waals surface area contributed by atoms with Gasteiger partial charge in [0, 0.05) is 35.9 Å². The Bertz CT molecular complexity index is 330. The topological polar surface area (TPSA) is 15.3 Å². The molecule has 0 radical (unpaired) electrons. The third-order valence-electron chi connectivity index (χ3n) is 2.94. The van der Waals surface area contributed by atoms with Crippen molar-refractivity contribution in [3.8, 4) is 0 Å². The van der Waals surface area contributed by atoms with Gasteiger partial charge in [-0.25, -0.2) is 0 Å². The molecule has 0 aliphatic carbocycles. The zero-order valence-corrected chi connectivity index (χ0v) is 9.96. The van der Waals surface area contributed by atoms with Crippen LogP contribution >= 0.6 is 11.6 Å². The summed E-state index contributed by atoms with van der Waals surface area (Å²) in [5, 5.41) is 4.23. The Kier molecular flexibility index (Phi) is 3.17. The van der Waals surface area contributed by atoms with Crippen LogP contribution < -0.4 is 10.2 Å². The molecule has 1 aromatic rings. The van der Waals surface area contributed by atoms with Crippen LogP contribution in [0.15, 0.2) is 24.3 Å². The maximum Gasteiger partial charge on any atom is 0.0426 e. The lowest BCUT2D eigenvalue weighted by molar-refractivity contribution is 0.432. The monoisotopic (exact) mass is 224 g/mol. The number of anilines is 1. The number of piperazine rings is 1. The maximum atomic E-state index is 6.02. The molecule has 1 saturated heterocycles. The highest BCUT2D eigenvalue weighted by atomic mass is 35.5. The van der Waals surface area contributed by atoms with E-state index in [1.165, 1.54) is 5.69 Å². The number of hydrogen-bond donors (Lipinski definition) is 1. The molecule has 15 heavy (non-hydrogen) atoms. The Morgan fingerprint density at radius 1 is 1.27 bits per heavy atom. The van der Waals surface area contributed by atoms with Gasteiger partial charge < -0.3 is 10.2 Å². The quantitative estimate of drug-likeness (QED) is 0.789. The molecule has 0 aromatic heterocycles. The van der Waals surface area contributed by atoms with Crippen LogP contribution in [0.3, 0.4) is 0 Å². The van der Waals surface area contributed by atoms with E-state index in [1.54, 1.807) is 0 Å². The molecule has 0 unspecified atom stereocenters. The lowest BCUT2D eigenvalue weighted by Crippen LogP contribution is -2.55. The first kappa shape index (κ1) is 10.8. The highest BCUT2D eigenvalue weighted by Gasteiger charge is 2.24. The van der Waals surface area contributed by atoms with Gasteiger partial charge in [-0.15, -0.1) is 0 Å². The van der Waals surface area contributed by atoms with Gasteiger partial charge in [0.1, 0.15) is 0 Å². The number of nitrogens with one attached hydrogen (secondary N) is 1. The second kappa shape index (κ2) is 4.42. The standard InChI is InChI=1S/C12H17ClN2/c1-9-7-14-8-10(2)15(9)12-5-3-4-11(13)6-12/h3-6,9-10,14H,7-8H2,1-2H3/t9-,10+. The van der Waals surface area contributed by atoms with Gasteiger partial charge in [0.15, 0.2) is 0 Å². The van der Waals surface area contributed by atoms with Crippen molar-refractivity contribution >= 4 is 17.3 Å². The van der Waals surface area contributed by atoms with E-state index in [4.69, 9.17) is 11.6 Å². The predicted octanol–water partition coefficient (Wildman–Crippen LogP) is 2.53. The molecule has 2 rings (SSSR count). The fourth-order valence-corrected chi connectivity index (χ4v) is 2.46. The van der Waals surface area contributed by atoms with E-state index in [0.717, 1.165) is 18.1 Å². The Hall–Kier alpha value is -0.730. The summed E-state index contributed by atoms with van der Waals surface area (Å²) in [7, 11) is 0. The van der Waals surface area contributed by atoms with Crippen molar-refractivity contribution in [3.63, 3.8) is 0 Å². The van der Waals surface area contributed by atoms with E-state index in [-0.39, 0.29) is 0 Å². The van der Waals surface area contributed by atoms with Gasteiger partial charge in [0.2, 0.25) is 0 Å². The van der Waals surface area contributed by atoms with Gasteiger partial charge in [-0.3, -0.25) is 0 Å². The number of hydrogen-bond acceptors (Lipinski definition) is 2. The Labute approximate surface area is 96.2 Å². The molecule has 82 valence electrons. The fourth-order valence-electron chi connectivity index (χ4n) is 2.28. The van der Waals surface area contributed by atoms with Crippen LogP contribution in [0.1, 0.15) is 13.8 Å². The summed E-state index contributed by atoms with van der Waals surface area (Å²) in [6.07, 6.45) is 0. The minimum Gasteiger partial charge on any atom is -0.364 e. The Morgan fingerprint density at radius 3 is 2.53 bits per heavy atom. The van der Waals surface area contributed by atoms with E-state index in [1.807, 2.05) is 18.2 Å². The smallest absolute Gasteiger partial charge is 0.0426 e. The number of halogens is 1. The molecule has 0 bridgehead atoms. The van der Waals surface area contributed by atoms with E-state index in [2.05, 4.69) is 30.1 Å². The first-order chi connectivity index (χ1) is 7.18. The predicted molar refractivity (Wildman–Crippen MR) is 65.7 cm³/mol. The molecule has 0 spiro atoms. The van der Waals surface area contributed by atoms with Crippen LogP contribution in [-0.2, 0) is 0 Å². The molecule has 0 saturated carbocycles. The molecule has 1 aliphatic heterocycles. The van der Waals surface area contributed by atoms with E-state index in [9.17, 15) is 0 Å². The second-order valence-electron chi connectivity index (χ2n) is 4.24. The van der Waals surface area contributed by atoms with Gasteiger partial charge in [0.05, 0.1) is 0 Å². The highest BCUT2D eigenvalue weighted by Crippen LogP contribution is 2.24. The third kappa shape index (κ3) is 2.27. The van der Waals surface area contributed by atoms with Crippen LogP contribution in [0.5, 0.6) is 0 Å². The van der Waals surface area contributed by atoms with E-state index in [0.29, 0.717) is 12.1 Å². The largest absolute Gasteiger partial charge is 0.364 e. The molecule has 2 atom stereocenters. The average molecular weight is 225 g/mol. The summed E-state index contributed by atoms with van der Waals surface area (Å²) in [5.74, 6) is 0. The SMILES string of the molecule is C[C@@H]1CNC[C@H](C)N1c1cccc(Cl)c1. The minimum atomic E-state index is 0.521. The average Bonchev–Trinajstić information content (AvgIpc) is 2.17. The molecular weight excluding hydrogens is 208 g/mol. The van der Waals surface area contributed by atoms with Crippen LogP contribution in [0, 0.1) is 0 Å². The van der Waals surface area contributed by atoms with E-state index >= 15 is 0 Å². The first-order valence-electron chi connectivity index (χ1n) is 5.43. The van der Waals surface area contributed by atoms with Crippen molar-refractivity contribution in [2.45, 2.75) is 25.9 Å². The molecule has 2 nitrogen and oxygen atoms in total. The summed E-state index contributed by atoms with van der Waals surface area (Å²) in [4.78, 5) is 2.43. The van der Waals surface area contributed by atoms with Gasteiger partial charge in [-0.2, -0.15) is 0 Å². The normalized spacial score (nSPS) is 26.7. The van der Waals surface area contributed by atoms with Gasteiger partial charge in [-0.1, -0.05) is 17.7 Å². The zero-order chi connectivity index (χ0) is 10.8. The Morgan fingerprint density at radius 2 is 1.93 bits per heavy atom. The molecule has 1 fully saturated rings. The van der Waals surface area contributed by atoms with Crippen molar-refractivity contribution in [1.82, 2.24) is 5.32 Å².